The van der Waals surface area contributed by atoms with Crippen LogP contribution in [0.4, 0.5) is 0 Å². The predicted octanol–water partition coefficient (Wildman–Crippen LogP) is 3.19. The van der Waals surface area contributed by atoms with Crippen LogP contribution in [0.1, 0.15) is 16.7 Å². The van der Waals surface area contributed by atoms with Crippen molar-refractivity contribution in [3.05, 3.63) is 59.2 Å². The molecular formula is C19H23NO3. The zero-order chi connectivity index (χ0) is 16.7. The normalized spacial score (nSPS) is 10.2. The number of rotatable bonds is 7. The Morgan fingerprint density at radius 3 is 2.57 bits per heavy atom. The van der Waals surface area contributed by atoms with E-state index >= 15 is 0 Å². The Balaban J connectivity index is 1.68. The number of carbonyl (C=O) groups is 1. The molecule has 122 valence electrons. The maximum Gasteiger partial charge on any atom is 0.258 e. The Hall–Kier alpha value is -2.49. The molecule has 23 heavy (non-hydrogen) atoms. The highest BCUT2D eigenvalue weighted by Crippen LogP contribution is 2.18. The van der Waals surface area contributed by atoms with Crippen molar-refractivity contribution in [2.45, 2.75) is 20.8 Å². The average Bonchev–Trinajstić information content (AvgIpc) is 2.53. The van der Waals surface area contributed by atoms with Crippen molar-refractivity contribution < 1.29 is 14.3 Å². The molecule has 2 aromatic carbocycles. The summed E-state index contributed by atoms with van der Waals surface area (Å²) in [6.07, 6.45) is 0. The number of hydrogen-bond acceptors (Lipinski definition) is 3. The number of aryl methyl sites for hydroxylation is 3. The van der Waals surface area contributed by atoms with Gasteiger partial charge in [0.05, 0.1) is 6.54 Å². The molecule has 0 spiro atoms. The van der Waals surface area contributed by atoms with Gasteiger partial charge in [0.25, 0.3) is 5.91 Å². The first-order valence-corrected chi connectivity index (χ1v) is 7.71. The van der Waals surface area contributed by atoms with Crippen LogP contribution in [-0.2, 0) is 4.79 Å². The fourth-order valence-corrected chi connectivity index (χ4v) is 2.12. The molecule has 0 unspecified atom stereocenters. The standard InChI is InChI=1S/C19H23NO3/c1-14-5-4-6-17(11-14)23-13-19(21)20-9-10-22-18-12-15(2)7-8-16(18)3/h4-8,11-12H,9-10,13H2,1-3H3,(H,20,21). The molecule has 0 saturated carbocycles. The number of ether oxygens (including phenoxy) is 2. The molecule has 2 rings (SSSR count). The van der Waals surface area contributed by atoms with Gasteiger partial charge >= 0.3 is 0 Å². The number of amides is 1. The fraction of sp³-hybridized carbons (Fsp3) is 0.316. The van der Waals surface area contributed by atoms with E-state index in [9.17, 15) is 4.79 Å². The van der Waals surface area contributed by atoms with Crippen LogP contribution in [-0.4, -0.2) is 25.7 Å². The number of benzene rings is 2. The minimum absolute atomic E-state index is 0.00687. The predicted molar refractivity (Wildman–Crippen MR) is 91.1 cm³/mol. The van der Waals surface area contributed by atoms with Crippen LogP contribution in [0.3, 0.4) is 0 Å². The summed E-state index contributed by atoms with van der Waals surface area (Å²) in [7, 11) is 0. The summed E-state index contributed by atoms with van der Waals surface area (Å²) in [4.78, 5) is 11.7. The van der Waals surface area contributed by atoms with Crippen LogP contribution in [0.2, 0.25) is 0 Å². The summed E-state index contributed by atoms with van der Waals surface area (Å²) in [5.41, 5.74) is 3.34. The molecule has 0 aliphatic heterocycles. The molecule has 4 nitrogen and oxygen atoms in total. The molecule has 0 aliphatic rings. The van der Waals surface area contributed by atoms with Gasteiger partial charge in [-0.1, -0.05) is 24.3 Å². The maximum atomic E-state index is 11.7. The molecule has 1 N–H and O–H groups in total. The maximum absolute atomic E-state index is 11.7. The van der Waals surface area contributed by atoms with Gasteiger partial charge in [0.15, 0.2) is 6.61 Å². The highest BCUT2D eigenvalue weighted by Gasteiger charge is 2.04. The Kier molecular flexibility index (Phi) is 6.03. The van der Waals surface area contributed by atoms with E-state index < -0.39 is 0 Å². The molecule has 0 heterocycles. The molecule has 0 atom stereocenters. The second kappa shape index (κ2) is 8.22. The first kappa shape index (κ1) is 16.9. The number of hydrogen-bond donors (Lipinski definition) is 1. The van der Waals surface area contributed by atoms with Gasteiger partial charge in [0.2, 0.25) is 0 Å². The molecule has 0 radical (unpaired) electrons. The van der Waals surface area contributed by atoms with Crippen molar-refractivity contribution in [1.29, 1.82) is 0 Å². The van der Waals surface area contributed by atoms with Crippen LogP contribution in [0.5, 0.6) is 11.5 Å². The van der Waals surface area contributed by atoms with Gasteiger partial charge in [-0.3, -0.25) is 4.79 Å². The third-order valence-corrected chi connectivity index (χ3v) is 3.38. The van der Waals surface area contributed by atoms with Crippen LogP contribution in [0.25, 0.3) is 0 Å². The topological polar surface area (TPSA) is 47.6 Å². The van der Waals surface area contributed by atoms with Crippen molar-refractivity contribution in [3.63, 3.8) is 0 Å². The Morgan fingerprint density at radius 1 is 1.00 bits per heavy atom. The van der Waals surface area contributed by atoms with E-state index in [1.165, 1.54) is 0 Å². The lowest BCUT2D eigenvalue weighted by Gasteiger charge is -2.11. The third kappa shape index (κ3) is 5.66. The van der Waals surface area contributed by atoms with Crippen LogP contribution in [0, 0.1) is 20.8 Å². The lowest BCUT2D eigenvalue weighted by atomic mass is 10.1. The molecule has 0 fully saturated rings. The van der Waals surface area contributed by atoms with Crippen LogP contribution >= 0.6 is 0 Å². The summed E-state index contributed by atoms with van der Waals surface area (Å²) in [5, 5.41) is 2.78. The molecule has 0 saturated heterocycles. The first-order valence-electron chi connectivity index (χ1n) is 7.71. The zero-order valence-electron chi connectivity index (χ0n) is 13.9. The van der Waals surface area contributed by atoms with Crippen LogP contribution < -0.4 is 14.8 Å². The molecule has 2 aromatic rings. The summed E-state index contributed by atoms with van der Waals surface area (Å²) in [6, 6.07) is 13.7. The van der Waals surface area contributed by atoms with E-state index in [-0.39, 0.29) is 12.5 Å². The van der Waals surface area contributed by atoms with Gasteiger partial charge in [-0.25, -0.2) is 0 Å². The summed E-state index contributed by atoms with van der Waals surface area (Å²) < 4.78 is 11.1. The smallest absolute Gasteiger partial charge is 0.258 e. The summed E-state index contributed by atoms with van der Waals surface area (Å²) >= 11 is 0. The quantitative estimate of drug-likeness (QED) is 0.799. The highest BCUT2D eigenvalue weighted by molar-refractivity contribution is 5.77. The SMILES string of the molecule is Cc1cccc(OCC(=O)NCCOc2cc(C)ccc2C)c1. The minimum atomic E-state index is -0.156. The molecule has 1 amide bonds. The van der Waals surface area contributed by atoms with Gasteiger partial charge < -0.3 is 14.8 Å². The summed E-state index contributed by atoms with van der Waals surface area (Å²) in [5.74, 6) is 1.40. The van der Waals surface area contributed by atoms with Gasteiger partial charge in [0.1, 0.15) is 18.1 Å². The first-order chi connectivity index (χ1) is 11.0. The number of nitrogens with one attached hydrogen (secondary N) is 1. The van der Waals surface area contributed by atoms with Crippen molar-refractivity contribution in [2.75, 3.05) is 19.8 Å². The Morgan fingerprint density at radius 2 is 1.78 bits per heavy atom. The van der Waals surface area contributed by atoms with E-state index in [4.69, 9.17) is 9.47 Å². The largest absolute Gasteiger partial charge is 0.491 e. The number of carbonyl (C=O) groups excluding carboxylic acids is 1. The monoisotopic (exact) mass is 313 g/mol. The molecule has 0 aromatic heterocycles. The average molecular weight is 313 g/mol. The van der Waals surface area contributed by atoms with Gasteiger partial charge in [-0.2, -0.15) is 0 Å². The van der Waals surface area contributed by atoms with Crippen molar-refractivity contribution in [3.8, 4) is 11.5 Å². The molecular weight excluding hydrogens is 290 g/mol. The second-order valence-corrected chi connectivity index (χ2v) is 5.57. The van der Waals surface area contributed by atoms with Crippen molar-refractivity contribution in [2.24, 2.45) is 0 Å². The Labute approximate surface area is 137 Å². The van der Waals surface area contributed by atoms with Gasteiger partial charge in [-0.05, 0) is 55.7 Å². The Bertz CT molecular complexity index is 667. The molecule has 0 aliphatic carbocycles. The van der Waals surface area contributed by atoms with E-state index in [1.807, 2.05) is 63.2 Å². The van der Waals surface area contributed by atoms with Crippen molar-refractivity contribution in [1.82, 2.24) is 5.32 Å². The summed E-state index contributed by atoms with van der Waals surface area (Å²) in [6.45, 7) is 6.90. The van der Waals surface area contributed by atoms with Gasteiger partial charge in [0, 0.05) is 0 Å². The molecule has 0 bridgehead atoms. The van der Waals surface area contributed by atoms with Crippen LogP contribution in [0.15, 0.2) is 42.5 Å². The van der Waals surface area contributed by atoms with E-state index in [0.717, 1.165) is 22.4 Å². The minimum Gasteiger partial charge on any atom is -0.491 e. The highest BCUT2D eigenvalue weighted by atomic mass is 16.5. The van der Waals surface area contributed by atoms with Crippen molar-refractivity contribution >= 4 is 5.91 Å². The van der Waals surface area contributed by atoms with Gasteiger partial charge in [-0.15, -0.1) is 0 Å². The van der Waals surface area contributed by atoms with E-state index in [1.54, 1.807) is 0 Å². The lowest BCUT2D eigenvalue weighted by Crippen LogP contribution is -2.32. The van der Waals surface area contributed by atoms with E-state index in [0.29, 0.717) is 18.9 Å². The van der Waals surface area contributed by atoms with E-state index in [2.05, 4.69) is 5.32 Å². The second-order valence-electron chi connectivity index (χ2n) is 5.57. The molecule has 4 heteroatoms. The third-order valence-electron chi connectivity index (χ3n) is 3.38. The lowest BCUT2D eigenvalue weighted by molar-refractivity contribution is -0.123. The zero-order valence-corrected chi connectivity index (χ0v) is 13.9. The fourth-order valence-electron chi connectivity index (χ4n) is 2.12.